The van der Waals surface area contributed by atoms with Gasteiger partial charge in [0.15, 0.2) is 6.10 Å². The molecule has 8 heteroatoms. The molecule has 2 N–H and O–H groups in total. The van der Waals surface area contributed by atoms with E-state index in [0.717, 1.165) is 28.7 Å². The van der Waals surface area contributed by atoms with Crippen LogP contribution in [0, 0.1) is 0 Å². The van der Waals surface area contributed by atoms with Crippen LogP contribution in [-0.4, -0.2) is 36.8 Å². The quantitative estimate of drug-likeness (QED) is 0.448. The number of amides is 1. The third kappa shape index (κ3) is 5.69. The van der Waals surface area contributed by atoms with E-state index in [4.69, 9.17) is 4.74 Å². The second-order valence-corrected chi connectivity index (χ2v) is 7.43. The standard InChI is InChI=1S/C24H26F3N3O2/c1-3-6-22(32-18-10-9-17(14-28-2)20(13-18)24(25,26)27)23(31)29-12-11-16-15-30-21-8-5-4-7-19(16)21/h4-5,7-10,13-15,22,30H,3,6,11-12H2,1-2H3,(H,29,31)/t22-/m0/s1. The van der Waals surface area contributed by atoms with Crippen molar-refractivity contribution in [3.63, 3.8) is 0 Å². The van der Waals surface area contributed by atoms with Gasteiger partial charge in [0.1, 0.15) is 5.75 Å². The van der Waals surface area contributed by atoms with Crippen LogP contribution in [0.5, 0.6) is 5.75 Å². The number of ether oxygens (including phenoxy) is 1. The molecule has 1 atom stereocenters. The minimum Gasteiger partial charge on any atom is -0.481 e. The Kier molecular flexibility index (Phi) is 7.56. The summed E-state index contributed by atoms with van der Waals surface area (Å²) in [6, 6.07) is 11.5. The van der Waals surface area contributed by atoms with Crippen LogP contribution in [0.3, 0.4) is 0 Å². The van der Waals surface area contributed by atoms with Crippen LogP contribution < -0.4 is 10.1 Å². The average Bonchev–Trinajstić information content (AvgIpc) is 3.17. The number of alkyl halides is 3. The zero-order valence-corrected chi connectivity index (χ0v) is 18.0. The SMILES string of the molecule is CCC[C@H](Oc1ccc(C=NC)c(C(F)(F)F)c1)C(=O)NCCc1c[nH]c2ccccc12. The molecule has 3 rings (SSSR count). The zero-order chi connectivity index (χ0) is 23.1. The van der Waals surface area contributed by atoms with Crippen LogP contribution in [0.4, 0.5) is 13.2 Å². The average molecular weight is 445 g/mol. The summed E-state index contributed by atoms with van der Waals surface area (Å²) >= 11 is 0. The summed E-state index contributed by atoms with van der Waals surface area (Å²) in [6.45, 7) is 2.28. The Labute approximate surface area is 184 Å². The second-order valence-electron chi connectivity index (χ2n) is 7.43. The normalized spacial score (nSPS) is 12.9. The van der Waals surface area contributed by atoms with Crippen LogP contribution in [0.25, 0.3) is 10.9 Å². The van der Waals surface area contributed by atoms with Crippen molar-refractivity contribution >= 4 is 23.0 Å². The lowest BCUT2D eigenvalue weighted by atomic mass is 10.1. The van der Waals surface area contributed by atoms with Gasteiger partial charge in [-0.2, -0.15) is 13.2 Å². The first-order valence-electron chi connectivity index (χ1n) is 10.5. The molecule has 0 spiro atoms. The van der Waals surface area contributed by atoms with Gasteiger partial charge < -0.3 is 15.0 Å². The topological polar surface area (TPSA) is 66.5 Å². The van der Waals surface area contributed by atoms with E-state index >= 15 is 0 Å². The highest BCUT2D eigenvalue weighted by molar-refractivity contribution is 5.84. The van der Waals surface area contributed by atoms with Gasteiger partial charge in [0.05, 0.1) is 5.56 Å². The minimum atomic E-state index is -4.56. The molecule has 170 valence electrons. The van der Waals surface area contributed by atoms with Crippen molar-refractivity contribution in [3.8, 4) is 5.75 Å². The van der Waals surface area contributed by atoms with Crippen LogP contribution in [0.15, 0.2) is 53.7 Å². The number of aromatic nitrogens is 1. The molecule has 0 bridgehead atoms. The summed E-state index contributed by atoms with van der Waals surface area (Å²) in [6.07, 6.45) is -0.722. The van der Waals surface area contributed by atoms with E-state index in [-0.39, 0.29) is 17.2 Å². The van der Waals surface area contributed by atoms with E-state index in [2.05, 4.69) is 15.3 Å². The molecule has 2 aromatic carbocycles. The summed E-state index contributed by atoms with van der Waals surface area (Å²) in [7, 11) is 1.41. The van der Waals surface area contributed by atoms with Gasteiger partial charge in [-0.25, -0.2) is 0 Å². The summed E-state index contributed by atoms with van der Waals surface area (Å²) in [5.41, 5.74) is 1.20. The van der Waals surface area contributed by atoms with Crippen molar-refractivity contribution in [2.75, 3.05) is 13.6 Å². The highest BCUT2D eigenvalue weighted by Gasteiger charge is 2.34. The number of nitrogens with zero attached hydrogens (tertiary/aromatic N) is 1. The van der Waals surface area contributed by atoms with Gasteiger partial charge in [-0.05, 0) is 42.7 Å². The van der Waals surface area contributed by atoms with Gasteiger partial charge in [-0.15, -0.1) is 0 Å². The first kappa shape index (κ1) is 23.4. The second kappa shape index (κ2) is 10.3. The summed E-state index contributed by atoms with van der Waals surface area (Å²) in [5.74, 6) is -0.352. The number of aromatic amines is 1. The number of H-pyrrole nitrogens is 1. The van der Waals surface area contributed by atoms with Gasteiger partial charge in [0.25, 0.3) is 5.91 Å². The Morgan fingerprint density at radius 2 is 2.03 bits per heavy atom. The van der Waals surface area contributed by atoms with E-state index in [9.17, 15) is 18.0 Å². The molecule has 5 nitrogen and oxygen atoms in total. The largest absolute Gasteiger partial charge is 0.481 e. The van der Waals surface area contributed by atoms with Crippen LogP contribution >= 0.6 is 0 Å². The summed E-state index contributed by atoms with van der Waals surface area (Å²) < 4.78 is 45.9. The number of nitrogens with one attached hydrogen (secondary N) is 2. The number of carbonyl (C=O) groups excluding carboxylic acids is 1. The molecule has 1 amide bonds. The summed E-state index contributed by atoms with van der Waals surface area (Å²) in [4.78, 5) is 19.6. The lowest BCUT2D eigenvalue weighted by molar-refractivity contribution is -0.137. The van der Waals surface area contributed by atoms with E-state index < -0.39 is 17.8 Å². The van der Waals surface area contributed by atoms with Crippen molar-refractivity contribution in [2.45, 2.75) is 38.5 Å². The fourth-order valence-corrected chi connectivity index (χ4v) is 3.55. The number of benzene rings is 2. The third-order valence-electron chi connectivity index (χ3n) is 5.09. The number of hydrogen-bond donors (Lipinski definition) is 2. The molecular weight excluding hydrogens is 419 g/mol. The van der Waals surface area contributed by atoms with E-state index in [1.807, 2.05) is 37.4 Å². The Balaban J connectivity index is 1.67. The predicted molar refractivity (Wildman–Crippen MR) is 119 cm³/mol. The smallest absolute Gasteiger partial charge is 0.417 e. The molecule has 3 aromatic rings. The van der Waals surface area contributed by atoms with Crippen molar-refractivity contribution in [3.05, 3.63) is 65.4 Å². The Morgan fingerprint density at radius 1 is 1.25 bits per heavy atom. The fourth-order valence-electron chi connectivity index (χ4n) is 3.55. The maximum atomic E-state index is 13.4. The van der Waals surface area contributed by atoms with Gasteiger partial charge in [0.2, 0.25) is 0 Å². The molecule has 32 heavy (non-hydrogen) atoms. The number of aliphatic imine (C=N–C) groups is 1. The monoisotopic (exact) mass is 445 g/mol. The van der Waals surface area contributed by atoms with Crippen molar-refractivity contribution in [2.24, 2.45) is 4.99 Å². The molecule has 0 unspecified atom stereocenters. The highest BCUT2D eigenvalue weighted by atomic mass is 19.4. The first-order chi connectivity index (χ1) is 15.3. The van der Waals surface area contributed by atoms with Crippen molar-refractivity contribution in [1.29, 1.82) is 0 Å². The van der Waals surface area contributed by atoms with Crippen molar-refractivity contribution in [1.82, 2.24) is 10.3 Å². The molecule has 0 aliphatic carbocycles. The molecule has 1 aromatic heterocycles. The lowest BCUT2D eigenvalue weighted by Crippen LogP contribution is -2.39. The van der Waals surface area contributed by atoms with Crippen LogP contribution in [0.1, 0.15) is 36.5 Å². The molecule has 0 radical (unpaired) electrons. The Bertz CT molecular complexity index is 1090. The molecular formula is C24H26F3N3O2. The zero-order valence-electron chi connectivity index (χ0n) is 18.0. The van der Waals surface area contributed by atoms with Crippen molar-refractivity contribution < 1.29 is 22.7 Å². The molecule has 0 saturated carbocycles. The van der Waals surface area contributed by atoms with E-state index in [1.54, 1.807) is 0 Å². The van der Waals surface area contributed by atoms with Gasteiger partial charge >= 0.3 is 6.18 Å². The van der Waals surface area contributed by atoms with Crippen LogP contribution in [-0.2, 0) is 17.4 Å². The molecule has 0 aliphatic rings. The molecule has 0 saturated heterocycles. The first-order valence-corrected chi connectivity index (χ1v) is 10.5. The molecule has 1 heterocycles. The number of halogens is 3. The van der Waals surface area contributed by atoms with E-state index in [1.165, 1.54) is 19.2 Å². The summed E-state index contributed by atoms with van der Waals surface area (Å²) in [5, 5.41) is 3.94. The van der Waals surface area contributed by atoms with Gasteiger partial charge in [-0.3, -0.25) is 9.79 Å². The number of hydrogen-bond acceptors (Lipinski definition) is 3. The Hall–Kier alpha value is -3.29. The van der Waals surface area contributed by atoms with Crippen LogP contribution in [0.2, 0.25) is 0 Å². The maximum absolute atomic E-state index is 13.4. The predicted octanol–water partition coefficient (Wildman–Crippen LogP) is 5.14. The molecule has 0 fully saturated rings. The lowest BCUT2D eigenvalue weighted by Gasteiger charge is -2.20. The highest BCUT2D eigenvalue weighted by Crippen LogP contribution is 2.34. The number of carbonyl (C=O) groups is 1. The third-order valence-corrected chi connectivity index (χ3v) is 5.09. The minimum absolute atomic E-state index is 0.00388. The number of para-hydroxylation sites is 1. The molecule has 0 aliphatic heterocycles. The van der Waals surface area contributed by atoms with E-state index in [0.29, 0.717) is 25.8 Å². The number of rotatable bonds is 9. The van der Waals surface area contributed by atoms with Gasteiger partial charge in [0, 0.05) is 42.5 Å². The Morgan fingerprint density at radius 3 is 2.75 bits per heavy atom. The maximum Gasteiger partial charge on any atom is 0.417 e. The number of fused-ring (bicyclic) bond motifs is 1. The fraction of sp³-hybridized carbons (Fsp3) is 0.333. The van der Waals surface area contributed by atoms with Gasteiger partial charge in [-0.1, -0.05) is 31.5 Å².